The molecule has 6 heteroatoms. The van der Waals surface area contributed by atoms with E-state index in [0.29, 0.717) is 5.92 Å². The fourth-order valence-corrected chi connectivity index (χ4v) is 3.04. The highest BCUT2D eigenvalue weighted by molar-refractivity contribution is 5.70. The van der Waals surface area contributed by atoms with E-state index in [1.165, 1.54) is 0 Å². The van der Waals surface area contributed by atoms with Crippen LogP contribution in [-0.2, 0) is 11.2 Å². The highest BCUT2D eigenvalue weighted by Gasteiger charge is 2.17. The number of carboxylic acids is 1. The summed E-state index contributed by atoms with van der Waals surface area (Å²) in [4.78, 5) is 15.2. The monoisotopic (exact) mass is 340 g/mol. The van der Waals surface area contributed by atoms with E-state index >= 15 is 0 Å². The highest BCUT2D eigenvalue weighted by Crippen LogP contribution is 2.22. The van der Waals surface area contributed by atoms with Crippen molar-refractivity contribution in [3.8, 4) is 0 Å². The zero-order chi connectivity index (χ0) is 17.6. The van der Waals surface area contributed by atoms with Crippen molar-refractivity contribution in [2.75, 3.05) is 30.3 Å². The molecule has 0 spiro atoms. The molecular weight excluding hydrogens is 316 g/mol. The zero-order valence-corrected chi connectivity index (χ0v) is 14.3. The Balaban J connectivity index is 1.48. The van der Waals surface area contributed by atoms with Gasteiger partial charge in [-0.1, -0.05) is 31.2 Å². The zero-order valence-electron chi connectivity index (χ0n) is 14.3. The van der Waals surface area contributed by atoms with Crippen LogP contribution < -0.4 is 16.0 Å². The largest absolute Gasteiger partial charge is 0.481 e. The van der Waals surface area contributed by atoms with Crippen molar-refractivity contribution in [3.63, 3.8) is 0 Å². The maximum Gasteiger partial charge on any atom is 0.307 e. The summed E-state index contributed by atoms with van der Waals surface area (Å²) in [6.45, 7) is 4.68. The molecule has 25 heavy (non-hydrogen) atoms. The second-order valence-corrected chi connectivity index (χ2v) is 6.50. The van der Waals surface area contributed by atoms with E-state index in [-0.39, 0.29) is 12.5 Å². The number of hydrogen-bond donors (Lipinski definition) is 4. The third-order valence-corrected chi connectivity index (χ3v) is 4.40. The van der Waals surface area contributed by atoms with Crippen LogP contribution in [0.3, 0.4) is 0 Å². The van der Waals surface area contributed by atoms with E-state index in [1.54, 1.807) is 6.20 Å². The number of rotatable bonds is 7. The van der Waals surface area contributed by atoms with Crippen LogP contribution in [0.15, 0.2) is 42.6 Å². The quantitative estimate of drug-likeness (QED) is 0.619. The first kappa shape index (κ1) is 17.2. The number of aliphatic carboxylic acids is 1. The lowest BCUT2D eigenvalue weighted by Crippen LogP contribution is -2.42. The summed E-state index contributed by atoms with van der Waals surface area (Å²) in [6.07, 6.45) is 1.85. The van der Waals surface area contributed by atoms with Gasteiger partial charge in [-0.25, -0.2) is 4.98 Å². The Hall–Kier alpha value is -2.60. The summed E-state index contributed by atoms with van der Waals surface area (Å²) < 4.78 is 0. The number of carboxylic acid groups (broad SMARTS) is 1. The predicted octanol–water partition coefficient (Wildman–Crippen LogP) is 2.31. The van der Waals surface area contributed by atoms with Crippen LogP contribution in [0.25, 0.3) is 0 Å². The predicted molar refractivity (Wildman–Crippen MR) is 99.2 cm³/mol. The molecule has 0 radical (unpaired) electrons. The molecule has 0 aliphatic carbocycles. The molecule has 0 fully saturated rings. The van der Waals surface area contributed by atoms with Crippen LogP contribution in [0, 0.1) is 0 Å². The molecule has 132 valence electrons. The van der Waals surface area contributed by atoms with Crippen molar-refractivity contribution in [1.82, 2.24) is 10.3 Å². The van der Waals surface area contributed by atoms with Gasteiger partial charge in [0, 0.05) is 25.8 Å². The molecule has 2 heterocycles. The van der Waals surface area contributed by atoms with Gasteiger partial charge in [0.15, 0.2) is 0 Å². The summed E-state index contributed by atoms with van der Waals surface area (Å²) in [5.41, 5.74) is 3.05. The van der Waals surface area contributed by atoms with Crippen LogP contribution in [-0.4, -0.2) is 41.7 Å². The lowest BCUT2D eigenvalue weighted by Gasteiger charge is -2.28. The van der Waals surface area contributed by atoms with Crippen LogP contribution in [0.1, 0.15) is 24.0 Å². The van der Waals surface area contributed by atoms with Gasteiger partial charge in [-0.3, -0.25) is 4.79 Å². The normalized spacial score (nSPS) is 17.1. The van der Waals surface area contributed by atoms with Gasteiger partial charge in [-0.2, -0.15) is 0 Å². The molecule has 1 aliphatic heterocycles. The van der Waals surface area contributed by atoms with Gasteiger partial charge in [0.1, 0.15) is 5.82 Å². The van der Waals surface area contributed by atoms with Gasteiger partial charge < -0.3 is 21.1 Å². The van der Waals surface area contributed by atoms with Crippen LogP contribution in [0.2, 0.25) is 0 Å². The lowest BCUT2D eigenvalue weighted by molar-refractivity contribution is -0.136. The third kappa shape index (κ3) is 4.70. The summed E-state index contributed by atoms with van der Waals surface area (Å²) in [5.74, 6) is 0.415. The Bertz CT molecular complexity index is 735. The number of anilines is 2. The van der Waals surface area contributed by atoms with Crippen molar-refractivity contribution < 1.29 is 9.90 Å². The Morgan fingerprint density at radius 2 is 2.28 bits per heavy atom. The number of hydrogen-bond acceptors (Lipinski definition) is 5. The van der Waals surface area contributed by atoms with E-state index in [0.717, 1.165) is 42.3 Å². The highest BCUT2D eigenvalue weighted by atomic mass is 16.4. The van der Waals surface area contributed by atoms with Crippen molar-refractivity contribution in [3.05, 3.63) is 53.7 Å². The lowest BCUT2D eigenvalue weighted by atomic mass is 9.98. The molecule has 6 nitrogen and oxygen atoms in total. The molecule has 0 amide bonds. The summed E-state index contributed by atoms with van der Waals surface area (Å²) in [7, 11) is 0. The molecule has 0 saturated carbocycles. The maximum atomic E-state index is 10.9. The minimum atomic E-state index is -0.798. The van der Waals surface area contributed by atoms with Gasteiger partial charge in [0.2, 0.25) is 0 Å². The van der Waals surface area contributed by atoms with Gasteiger partial charge in [0.25, 0.3) is 0 Å². The first-order chi connectivity index (χ1) is 12.1. The van der Waals surface area contributed by atoms with E-state index in [4.69, 9.17) is 5.11 Å². The third-order valence-electron chi connectivity index (χ3n) is 4.40. The van der Waals surface area contributed by atoms with Crippen LogP contribution in [0.4, 0.5) is 11.5 Å². The average molecular weight is 340 g/mol. The standard InChI is InChI=1S/C19H24N4O2/c1-13(15-5-2-4-14(8-15)9-18(24)25)10-20-11-16-12-22-17-6-3-7-21-19(17)23-16/h2-8,13,16,20,22H,9-12H2,1H3,(H,21,23)(H,24,25)/t13-,16+/m1/s1. The Morgan fingerprint density at radius 1 is 1.40 bits per heavy atom. The number of pyridine rings is 1. The van der Waals surface area contributed by atoms with Gasteiger partial charge in [-0.05, 0) is 29.2 Å². The number of benzene rings is 1. The molecule has 4 N–H and O–H groups in total. The molecule has 1 aromatic carbocycles. The number of nitrogens with zero attached hydrogens (tertiary/aromatic N) is 1. The van der Waals surface area contributed by atoms with Crippen molar-refractivity contribution in [1.29, 1.82) is 0 Å². The maximum absolute atomic E-state index is 10.9. The Kier molecular flexibility index (Phi) is 5.50. The summed E-state index contributed by atoms with van der Waals surface area (Å²) in [5, 5.41) is 19.2. The molecule has 0 bridgehead atoms. The van der Waals surface area contributed by atoms with Gasteiger partial charge in [0.05, 0.1) is 18.2 Å². The molecule has 0 unspecified atom stereocenters. The van der Waals surface area contributed by atoms with Gasteiger partial charge >= 0.3 is 5.97 Å². The summed E-state index contributed by atoms with van der Waals surface area (Å²) in [6, 6.07) is 12.1. The average Bonchev–Trinajstić information content (AvgIpc) is 2.61. The molecule has 0 saturated heterocycles. The Labute approximate surface area is 147 Å². The minimum absolute atomic E-state index is 0.0675. The second kappa shape index (κ2) is 7.98. The van der Waals surface area contributed by atoms with E-state index in [2.05, 4.69) is 33.9 Å². The smallest absolute Gasteiger partial charge is 0.307 e. The van der Waals surface area contributed by atoms with E-state index < -0.39 is 5.97 Å². The fraction of sp³-hybridized carbons (Fsp3) is 0.368. The van der Waals surface area contributed by atoms with Crippen molar-refractivity contribution in [2.24, 2.45) is 0 Å². The molecular formula is C19H24N4O2. The fourth-order valence-electron chi connectivity index (χ4n) is 3.04. The minimum Gasteiger partial charge on any atom is -0.481 e. The van der Waals surface area contributed by atoms with E-state index in [1.807, 2.05) is 30.3 Å². The molecule has 2 aromatic rings. The number of fused-ring (bicyclic) bond motifs is 1. The van der Waals surface area contributed by atoms with Crippen molar-refractivity contribution >= 4 is 17.5 Å². The molecule has 1 aromatic heterocycles. The number of aromatic nitrogens is 1. The topological polar surface area (TPSA) is 86.3 Å². The second-order valence-electron chi connectivity index (χ2n) is 6.50. The van der Waals surface area contributed by atoms with Gasteiger partial charge in [-0.15, -0.1) is 0 Å². The van der Waals surface area contributed by atoms with Crippen LogP contribution >= 0.6 is 0 Å². The Morgan fingerprint density at radius 3 is 3.12 bits per heavy atom. The summed E-state index contributed by atoms with van der Waals surface area (Å²) >= 11 is 0. The molecule has 2 atom stereocenters. The van der Waals surface area contributed by atoms with Crippen LogP contribution in [0.5, 0.6) is 0 Å². The van der Waals surface area contributed by atoms with Crippen molar-refractivity contribution in [2.45, 2.75) is 25.3 Å². The van der Waals surface area contributed by atoms with E-state index in [9.17, 15) is 4.79 Å². The molecule has 1 aliphatic rings. The number of carbonyl (C=O) groups is 1. The SMILES string of the molecule is C[C@H](CNC[C@H]1CNc2cccnc2N1)c1cccc(CC(=O)O)c1. The first-order valence-electron chi connectivity index (χ1n) is 8.58. The first-order valence-corrected chi connectivity index (χ1v) is 8.58. The molecule has 3 rings (SSSR count). The number of nitrogens with one attached hydrogen (secondary N) is 3.